The molecule has 1 fully saturated rings. The third kappa shape index (κ3) is 5.64. The molecule has 3 aromatic rings. The van der Waals surface area contributed by atoms with Crippen LogP contribution in [0.25, 0.3) is 11.0 Å². The van der Waals surface area contributed by atoms with Gasteiger partial charge < -0.3 is 9.88 Å². The van der Waals surface area contributed by atoms with Gasteiger partial charge in [0, 0.05) is 24.4 Å². The molecule has 0 aliphatic heterocycles. The van der Waals surface area contributed by atoms with Crippen LogP contribution in [0.3, 0.4) is 0 Å². The number of imidazole rings is 1. The Balaban J connectivity index is 1.30. The summed E-state index contributed by atoms with van der Waals surface area (Å²) in [6.07, 6.45) is 9.55. The first-order chi connectivity index (χ1) is 15.7. The van der Waals surface area contributed by atoms with Crippen LogP contribution in [0.5, 0.6) is 0 Å². The monoisotopic (exact) mass is 431 g/mol. The summed E-state index contributed by atoms with van der Waals surface area (Å²) >= 11 is 0. The summed E-state index contributed by atoms with van der Waals surface area (Å²) in [6, 6.07) is 17.5. The van der Waals surface area contributed by atoms with Crippen LogP contribution >= 0.6 is 0 Å². The molecule has 32 heavy (non-hydrogen) atoms. The molecule has 168 valence electrons. The van der Waals surface area contributed by atoms with Gasteiger partial charge in [-0.1, -0.05) is 68.1 Å². The maximum Gasteiger partial charge on any atom is 0.223 e. The molecule has 0 bridgehead atoms. The molecule has 1 N–H and O–H groups in total. The molecule has 5 nitrogen and oxygen atoms in total. The number of Topliss-reactive ketones (excluding diaryl/α,β-unsaturated/α-hetero) is 1. The van der Waals surface area contributed by atoms with Crippen LogP contribution in [0.2, 0.25) is 0 Å². The minimum atomic E-state index is 0.0976. The molecule has 0 radical (unpaired) electrons. The molecule has 5 heteroatoms. The topological polar surface area (TPSA) is 64.0 Å². The Kier molecular flexibility index (Phi) is 7.70. The lowest BCUT2D eigenvalue weighted by Gasteiger charge is -2.20. The molecular weight excluding hydrogens is 398 g/mol. The first kappa shape index (κ1) is 22.3. The number of aryl methyl sites for hydroxylation is 1. The SMILES string of the molecule is O=C(Cn1c(CCCCCNC(=O)C2CCCCC2)nc2ccccc21)c1ccccc1. The van der Waals surface area contributed by atoms with E-state index < -0.39 is 0 Å². The summed E-state index contributed by atoms with van der Waals surface area (Å²) in [7, 11) is 0. The average molecular weight is 432 g/mol. The lowest BCUT2D eigenvalue weighted by atomic mass is 9.89. The Morgan fingerprint density at radius 1 is 0.906 bits per heavy atom. The van der Waals surface area contributed by atoms with Crippen molar-refractivity contribution in [3.8, 4) is 0 Å². The van der Waals surface area contributed by atoms with E-state index in [4.69, 9.17) is 4.98 Å². The van der Waals surface area contributed by atoms with Gasteiger partial charge >= 0.3 is 0 Å². The number of unbranched alkanes of at least 4 members (excludes halogenated alkanes) is 2. The number of rotatable bonds is 10. The summed E-state index contributed by atoms with van der Waals surface area (Å²) in [5.41, 5.74) is 2.67. The van der Waals surface area contributed by atoms with Gasteiger partial charge in [0.05, 0.1) is 17.6 Å². The molecule has 1 aromatic heterocycles. The Hall–Kier alpha value is -2.95. The Bertz CT molecular complexity index is 1040. The van der Waals surface area contributed by atoms with E-state index in [1.165, 1.54) is 19.3 Å². The van der Waals surface area contributed by atoms with E-state index >= 15 is 0 Å². The van der Waals surface area contributed by atoms with Gasteiger partial charge in [-0.25, -0.2) is 4.98 Å². The Morgan fingerprint density at radius 3 is 2.47 bits per heavy atom. The number of para-hydroxylation sites is 2. The highest BCUT2D eigenvalue weighted by Crippen LogP contribution is 2.23. The van der Waals surface area contributed by atoms with Crippen molar-refractivity contribution in [1.29, 1.82) is 0 Å². The van der Waals surface area contributed by atoms with E-state index in [0.717, 1.165) is 67.5 Å². The first-order valence-corrected chi connectivity index (χ1v) is 12.0. The maximum atomic E-state index is 12.8. The van der Waals surface area contributed by atoms with Crippen LogP contribution in [0.1, 0.15) is 67.5 Å². The molecule has 2 aromatic carbocycles. The number of nitrogens with zero attached hydrogens (tertiary/aromatic N) is 2. The van der Waals surface area contributed by atoms with Gasteiger partial charge in [-0.2, -0.15) is 0 Å². The van der Waals surface area contributed by atoms with Crippen LogP contribution in [0.4, 0.5) is 0 Å². The fraction of sp³-hybridized carbons (Fsp3) is 0.444. The van der Waals surface area contributed by atoms with Crippen molar-refractivity contribution in [3.63, 3.8) is 0 Å². The van der Waals surface area contributed by atoms with Crippen LogP contribution in [-0.2, 0) is 17.8 Å². The van der Waals surface area contributed by atoms with Gasteiger partial charge in [0.25, 0.3) is 0 Å². The normalized spacial score (nSPS) is 14.5. The zero-order valence-electron chi connectivity index (χ0n) is 18.8. The predicted molar refractivity (Wildman–Crippen MR) is 128 cm³/mol. The van der Waals surface area contributed by atoms with E-state index in [2.05, 4.69) is 9.88 Å². The number of benzene rings is 2. The number of nitrogens with one attached hydrogen (secondary N) is 1. The maximum absolute atomic E-state index is 12.8. The predicted octanol–water partition coefficient (Wildman–Crippen LogP) is 5.33. The highest BCUT2D eigenvalue weighted by atomic mass is 16.2. The molecular formula is C27H33N3O2. The number of hydrogen-bond donors (Lipinski definition) is 1. The van der Waals surface area contributed by atoms with E-state index in [-0.39, 0.29) is 17.6 Å². The molecule has 1 aliphatic carbocycles. The molecule has 0 unspecified atom stereocenters. The van der Waals surface area contributed by atoms with E-state index in [1.807, 2.05) is 54.6 Å². The van der Waals surface area contributed by atoms with Gasteiger partial charge in [-0.05, 0) is 37.8 Å². The summed E-state index contributed by atoms with van der Waals surface area (Å²) in [5.74, 6) is 1.53. The number of carbonyl (C=O) groups is 2. The van der Waals surface area contributed by atoms with Gasteiger partial charge in [0.2, 0.25) is 5.91 Å². The zero-order valence-corrected chi connectivity index (χ0v) is 18.8. The second kappa shape index (κ2) is 11.1. The van der Waals surface area contributed by atoms with E-state index in [9.17, 15) is 9.59 Å². The summed E-state index contributed by atoms with van der Waals surface area (Å²) in [4.78, 5) is 29.9. The minimum Gasteiger partial charge on any atom is -0.356 e. The number of ketones is 1. The van der Waals surface area contributed by atoms with Crippen molar-refractivity contribution in [1.82, 2.24) is 14.9 Å². The lowest BCUT2D eigenvalue weighted by molar-refractivity contribution is -0.125. The number of carbonyl (C=O) groups excluding carboxylic acids is 2. The summed E-state index contributed by atoms with van der Waals surface area (Å²) < 4.78 is 2.06. The van der Waals surface area contributed by atoms with Crippen molar-refractivity contribution < 1.29 is 9.59 Å². The minimum absolute atomic E-state index is 0.0976. The molecule has 0 spiro atoms. The Morgan fingerprint density at radius 2 is 1.66 bits per heavy atom. The number of hydrogen-bond acceptors (Lipinski definition) is 3. The van der Waals surface area contributed by atoms with E-state index in [0.29, 0.717) is 6.54 Å². The highest BCUT2D eigenvalue weighted by Gasteiger charge is 2.20. The largest absolute Gasteiger partial charge is 0.356 e. The van der Waals surface area contributed by atoms with Crippen molar-refractivity contribution >= 4 is 22.7 Å². The molecule has 1 saturated carbocycles. The molecule has 0 atom stereocenters. The molecule has 4 rings (SSSR count). The van der Waals surface area contributed by atoms with Gasteiger partial charge in [0.1, 0.15) is 5.82 Å². The molecule has 0 saturated heterocycles. The highest BCUT2D eigenvalue weighted by molar-refractivity contribution is 5.96. The standard InChI is InChI=1S/C27H33N3O2/c31-25(21-12-4-1-5-13-21)20-30-24-17-10-9-16-23(24)29-26(30)18-8-3-11-19-28-27(32)22-14-6-2-7-15-22/h1,4-5,9-10,12-13,16-17,22H,2-3,6-8,11,14-15,18-20H2,(H,28,32). The zero-order chi connectivity index (χ0) is 22.2. The smallest absolute Gasteiger partial charge is 0.223 e. The summed E-state index contributed by atoms with van der Waals surface area (Å²) in [6.45, 7) is 1.05. The number of amides is 1. The quantitative estimate of drug-likeness (QED) is 0.349. The number of fused-ring (bicyclic) bond motifs is 1. The van der Waals surface area contributed by atoms with Crippen molar-refractivity contribution in [2.75, 3.05) is 6.54 Å². The summed E-state index contributed by atoms with van der Waals surface area (Å²) in [5, 5.41) is 3.12. The Labute approximate surface area is 190 Å². The molecule has 1 aliphatic rings. The molecule has 1 heterocycles. The van der Waals surface area contributed by atoms with Crippen LogP contribution < -0.4 is 5.32 Å². The molecule has 1 amide bonds. The second-order valence-corrected chi connectivity index (χ2v) is 8.83. The van der Waals surface area contributed by atoms with Crippen molar-refractivity contribution in [2.45, 2.75) is 64.3 Å². The van der Waals surface area contributed by atoms with Gasteiger partial charge in [0.15, 0.2) is 5.78 Å². The second-order valence-electron chi connectivity index (χ2n) is 8.83. The number of aromatic nitrogens is 2. The van der Waals surface area contributed by atoms with Crippen LogP contribution in [0.15, 0.2) is 54.6 Å². The third-order valence-corrected chi connectivity index (χ3v) is 6.48. The first-order valence-electron chi connectivity index (χ1n) is 12.0. The van der Waals surface area contributed by atoms with E-state index in [1.54, 1.807) is 0 Å². The fourth-order valence-corrected chi connectivity index (χ4v) is 4.66. The van der Waals surface area contributed by atoms with Crippen LogP contribution in [0, 0.1) is 5.92 Å². The third-order valence-electron chi connectivity index (χ3n) is 6.48. The van der Waals surface area contributed by atoms with Gasteiger partial charge in [-0.15, -0.1) is 0 Å². The fourth-order valence-electron chi connectivity index (χ4n) is 4.66. The van der Waals surface area contributed by atoms with Crippen molar-refractivity contribution in [2.24, 2.45) is 5.92 Å². The lowest BCUT2D eigenvalue weighted by Crippen LogP contribution is -2.32. The van der Waals surface area contributed by atoms with Crippen molar-refractivity contribution in [3.05, 3.63) is 66.0 Å². The average Bonchev–Trinajstić information content (AvgIpc) is 3.19. The van der Waals surface area contributed by atoms with Gasteiger partial charge in [-0.3, -0.25) is 9.59 Å². The van der Waals surface area contributed by atoms with Crippen LogP contribution in [-0.4, -0.2) is 27.8 Å².